The molecule has 5 nitrogen and oxygen atoms in total. The Morgan fingerprint density at radius 3 is 2.61 bits per heavy atom. The van der Waals surface area contributed by atoms with Crippen molar-refractivity contribution in [2.24, 2.45) is 28.6 Å². The molecule has 0 spiro atoms. The van der Waals surface area contributed by atoms with Crippen molar-refractivity contribution < 1.29 is 24.2 Å². The van der Waals surface area contributed by atoms with Crippen molar-refractivity contribution in [2.45, 2.75) is 64.9 Å². The topological polar surface area (TPSA) is 72.8 Å². The number of hydrogen-bond acceptors (Lipinski definition) is 5. The number of carbonyl (C=O) groups is 2. The van der Waals surface area contributed by atoms with Gasteiger partial charge in [-0.15, -0.1) is 0 Å². The summed E-state index contributed by atoms with van der Waals surface area (Å²) in [6, 6.07) is 0. The molecule has 3 aliphatic rings. The number of methoxy groups -OCH3 is 2. The van der Waals surface area contributed by atoms with Gasteiger partial charge < -0.3 is 14.6 Å². The van der Waals surface area contributed by atoms with Gasteiger partial charge in [0.2, 0.25) is 5.78 Å². The molecule has 6 atom stereocenters. The molecular weight excluding hydrogens is 356 g/mol. The van der Waals surface area contributed by atoms with Crippen LogP contribution in [0.2, 0.25) is 0 Å². The zero-order valence-corrected chi connectivity index (χ0v) is 17.8. The molecule has 3 rings (SSSR count). The lowest BCUT2D eigenvalue weighted by Crippen LogP contribution is -2.54. The quantitative estimate of drug-likeness (QED) is 0.584. The summed E-state index contributed by atoms with van der Waals surface area (Å²) in [7, 11) is 2.62. The van der Waals surface area contributed by atoms with E-state index >= 15 is 0 Å². The number of ether oxygens (including phenoxy) is 2. The Balaban J connectivity index is 2.00. The van der Waals surface area contributed by atoms with Crippen molar-refractivity contribution in [1.29, 1.82) is 0 Å². The first kappa shape index (κ1) is 21.1. The maximum atomic E-state index is 13.0. The second-order valence-electron chi connectivity index (χ2n) is 9.56. The minimum atomic E-state index is -1.97. The Kier molecular flexibility index (Phi) is 5.28. The highest BCUT2D eigenvalue weighted by Crippen LogP contribution is 2.63. The van der Waals surface area contributed by atoms with E-state index in [1.165, 1.54) is 25.9 Å². The van der Waals surface area contributed by atoms with Crippen LogP contribution in [-0.2, 0) is 19.1 Å². The summed E-state index contributed by atoms with van der Waals surface area (Å²) in [6.45, 7) is 11.2. The first-order chi connectivity index (χ1) is 13.0. The maximum absolute atomic E-state index is 13.0. The molecule has 0 radical (unpaired) electrons. The number of ketones is 1. The van der Waals surface area contributed by atoms with Crippen LogP contribution >= 0.6 is 0 Å². The smallest absolute Gasteiger partial charge is 0.342 e. The molecule has 0 aromatic carbocycles. The molecule has 0 aromatic rings. The molecule has 0 unspecified atom stereocenters. The van der Waals surface area contributed by atoms with Crippen LogP contribution in [0.25, 0.3) is 0 Å². The molecule has 5 heteroatoms. The van der Waals surface area contributed by atoms with Gasteiger partial charge in [0.25, 0.3) is 0 Å². The van der Waals surface area contributed by atoms with Gasteiger partial charge in [-0.05, 0) is 61.2 Å². The Morgan fingerprint density at radius 2 is 2.00 bits per heavy atom. The molecule has 0 aliphatic heterocycles. The fraction of sp³-hybridized carbons (Fsp3) is 0.739. The van der Waals surface area contributed by atoms with E-state index in [0.717, 1.165) is 32.1 Å². The van der Waals surface area contributed by atoms with E-state index in [2.05, 4.69) is 27.4 Å². The van der Waals surface area contributed by atoms with Crippen LogP contribution in [-0.4, -0.2) is 36.7 Å². The third-order valence-electron chi connectivity index (χ3n) is 8.38. The molecule has 0 aromatic heterocycles. The average Bonchev–Trinajstić information content (AvgIpc) is 2.91. The summed E-state index contributed by atoms with van der Waals surface area (Å²) >= 11 is 0. The van der Waals surface area contributed by atoms with E-state index < -0.39 is 17.5 Å². The molecule has 2 saturated carbocycles. The summed E-state index contributed by atoms with van der Waals surface area (Å²) < 4.78 is 10.0. The number of esters is 1. The first-order valence-corrected chi connectivity index (χ1v) is 10.3. The van der Waals surface area contributed by atoms with Crippen LogP contribution in [0.3, 0.4) is 0 Å². The third kappa shape index (κ3) is 2.85. The SMILES string of the molecule is C=C1CCC[C@H]2[C@](C)(C[C@@H]3C(=O)C(OC)=C[C@]3(O)C(=O)OC)[C@@H](C)CC[C@]12C. The number of carbonyl (C=O) groups excluding carboxylic acids is 2. The predicted octanol–water partition coefficient (Wildman–Crippen LogP) is 3.81. The lowest BCUT2D eigenvalue weighted by molar-refractivity contribution is -0.167. The minimum absolute atomic E-state index is 0.0424. The molecule has 1 N–H and O–H groups in total. The van der Waals surface area contributed by atoms with Gasteiger partial charge in [-0.25, -0.2) is 4.79 Å². The van der Waals surface area contributed by atoms with Crippen molar-refractivity contribution in [2.75, 3.05) is 14.2 Å². The summed E-state index contributed by atoms with van der Waals surface area (Å²) in [6.07, 6.45) is 7.05. The molecule has 2 fully saturated rings. The fourth-order valence-electron chi connectivity index (χ4n) is 6.27. The number of aliphatic hydroxyl groups is 1. The third-order valence-corrected chi connectivity index (χ3v) is 8.38. The van der Waals surface area contributed by atoms with Crippen LogP contribution < -0.4 is 0 Å². The van der Waals surface area contributed by atoms with Crippen LogP contribution in [0.4, 0.5) is 0 Å². The molecule has 3 aliphatic carbocycles. The number of hydrogen-bond donors (Lipinski definition) is 1. The summed E-state index contributed by atoms with van der Waals surface area (Å²) in [5.41, 5.74) is -0.824. The lowest BCUT2D eigenvalue weighted by Gasteiger charge is -2.59. The van der Waals surface area contributed by atoms with E-state index in [9.17, 15) is 14.7 Å². The summed E-state index contributed by atoms with van der Waals surface area (Å²) in [5, 5.41) is 11.2. The van der Waals surface area contributed by atoms with Crippen LogP contribution in [0.5, 0.6) is 0 Å². The molecular formula is C23H34O5. The maximum Gasteiger partial charge on any atom is 0.342 e. The van der Waals surface area contributed by atoms with Gasteiger partial charge in [-0.3, -0.25) is 4.79 Å². The van der Waals surface area contributed by atoms with Crippen molar-refractivity contribution in [1.82, 2.24) is 0 Å². The number of allylic oxidation sites excluding steroid dienone is 2. The number of Topliss-reactive ketones (excluding diaryl/α,β-unsaturated/α-hetero) is 1. The molecule has 28 heavy (non-hydrogen) atoms. The number of rotatable bonds is 4. The van der Waals surface area contributed by atoms with E-state index in [-0.39, 0.29) is 22.4 Å². The molecule has 156 valence electrons. The van der Waals surface area contributed by atoms with Crippen molar-refractivity contribution in [3.05, 3.63) is 24.0 Å². The summed E-state index contributed by atoms with van der Waals surface area (Å²) in [4.78, 5) is 25.5. The van der Waals surface area contributed by atoms with Crippen LogP contribution in [0.15, 0.2) is 24.0 Å². The van der Waals surface area contributed by atoms with Crippen molar-refractivity contribution in [3.8, 4) is 0 Å². The molecule has 0 amide bonds. The molecule has 0 heterocycles. The van der Waals surface area contributed by atoms with E-state index in [0.29, 0.717) is 18.3 Å². The zero-order chi connectivity index (χ0) is 20.9. The minimum Gasteiger partial charge on any atom is -0.493 e. The molecule has 0 saturated heterocycles. The van der Waals surface area contributed by atoms with Gasteiger partial charge in [-0.1, -0.05) is 32.9 Å². The summed E-state index contributed by atoms with van der Waals surface area (Å²) in [5.74, 6) is -1.23. The highest BCUT2D eigenvalue weighted by atomic mass is 16.5. The predicted molar refractivity (Wildman–Crippen MR) is 106 cm³/mol. The fourth-order valence-corrected chi connectivity index (χ4v) is 6.27. The Bertz CT molecular complexity index is 725. The number of fused-ring (bicyclic) bond motifs is 1. The van der Waals surface area contributed by atoms with E-state index in [1.807, 2.05) is 0 Å². The monoisotopic (exact) mass is 390 g/mol. The van der Waals surface area contributed by atoms with Crippen molar-refractivity contribution in [3.63, 3.8) is 0 Å². The first-order valence-electron chi connectivity index (χ1n) is 10.3. The van der Waals surface area contributed by atoms with Crippen molar-refractivity contribution >= 4 is 11.8 Å². The van der Waals surface area contributed by atoms with Gasteiger partial charge in [0.1, 0.15) is 0 Å². The highest BCUT2D eigenvalue weighted by Gasteiger charge is 2.60. The highest BCUT2D eigenvalue weighted by molar-refractivity contribution is 6.05. The van der Waals surface area contributed by atoms with Crippen LogP contribution in [0, 0.1) is 28.6 Å². The Morgan fingerprint density at radius 1 is 1.32 bits per heavy atom. The Labute approximate surface area is 168 Å². The standard InChI is InChI=1S/C23H34O5/c1-14-8-7-9-18-21(14,3)11-10-15(2)22(18,4)12-16-19(24)17(27-5)13-23(16,26)20(25)28-6/h13,15-16,18,26H,1,7-12H2,2-6H3/t15-,16+,18+,21+,22+,23+/m0/s1. The zero-order valence-electron chi connectivity index (χ0n) is 17.8. The largest absolute Gasteiger partial charge is 0.493 e. The second kappa shape index (κ2) is 7.01. The second-order valence-corrected chi connectivity index (χ2v) is 9.56. The van der Waals surface area contributed by atoms with Gasteiger partial charge in [0.15, 0.2) is 11.4 Å². The van der Waals surface area contributed by atoms with E-state index in [1.54, 1.807) is 0 Å². The van der Waals surface area contributed by atoms with Gasteiger partial charge in [-0.2, -0.15) is 0 Å². The van der Waals surface area contributed by atoms with Gasteiger partial charge in [0.05, 0.1) is 20.1 Å². The van der Waals surface area contributed by atoms with E-state index in [4.69, 9.17) is 9.47 Å². The molecule has 0 bridgehead atoms. The van der Waals surface area contributed by atoms with Gasteiger partial charge in [0, 0.05) is 6.08 Å². The Hall–Kier alpha value is -1.62. The normalized spacial score (nSPS) is 43.4. The van der Waals surface area contributed by atoms with Gasteiger partial charge >= 0.3 is 5.97 Å². The lowest BCUT2D eigenvalue weighted by atomic mass is 9.45. The average molecular weight is 391 g/mol. The van der Waals surface area contributed by atoms with Crippen LogP contribution in [0.1, 0.15) is 59.3 Å².